The summed E-state index contributed by atoms with van der Waals surface area (Å²) in [6, 6.07) is 14.1. The summed E-state index contributed by atoms with van der Waals surface area (Å²) in [4.78, 5) is 11.7. The van der Waals surface area contributed by atoms with E-state index in [0.29, 0.717) is 11.7 Å². The van der Waals surface area contributed by atoms with Gasteiger partial charge in [-0.2, -0.15) is 0 Å². The van der Waals surface area contributed by atoms with Crippen molar-refractivity contribution >= 4 is 27.6 Å². The van der Waals surface area contributed by atoms with E-state index in [-0.39, 0.29) is 0 Å². The van der Waals surface area contributed by atoms with Crippen molar-refractivity contribution in [2.45, 2.75) is 19.5 Å². The van der Waals surface area contributed by atoms with Crippen LogP contribution in [0.4, 0.5) is 11.6 Å². The van der Waals surface area contributed by atoms with E-state index in [1.807, 2.05) is 24.4 Å². The monoisotopic (exact) mass is 454 g/mol. The summed E-state index contributed by atoms with van der Waals surface area (Å²) >= 11 is 3.49. The number of anilines is 2. The van der Waals surface area contributed by atoms with Crippen LogP contribution >= 0.6 is 15.9 Å². The first-order chi connectivity index (χ1) is 14.1. The molecule has 0 radical (unpaired) electrons. The Kier molecular flexibility index (Phi) is 5.97. The number of rotatable bonds is 6. The van der Waals surface area contributed by atoms with Crippen molar-refractivity contribution in [2.75, 3.05) is 26.1 Å². The molecule has 2 aromatic carbocycles. The molecule has 150 valence electrons. The van der Waals surface area contributed by atoms with Gasteiger partial charge in [-0.05, 0) is 29.8 Å². The Labute approximate surface area is 179 Å². The van der Waals surface area contributed by atoms with E-state index in [2.05, 4.69) is 55.4 Å². The van der Waals surface area contributed by atoms with Crippen LogP contribution in [0.25, 0.3) is 0 Å². The summed E-state index contributed by atoms with van der Waals surface area (Å²) in [5.41, 5.74) is 4.35. The quantitative estimate of drug-likeness (QED) is 0.588. The second-order valence-corrected chi connectivity index (χ2v) is 7.86. The summed E-state index contributed by atoms with van der Waals surface area (Å²) in [5, 5.41) is 3.26. The fourth-order valence-corrected chi connectivity index (χ4v) is 3.71. The average Bonchev–Trinajstić information content (AvgIpc) is 2.75. The van der Waals surface area contributed by atoms with Gasteiger partial charge < -0.3 is 14.8 Å². The number of hydrogen-bond donors (Lipinski definition) is 1. The normalized spacial score (nSPS) is 13.6. The summed E-state index contributed by atoms with van der Waals surface area (Å²) in [6.45, 7) is 2.75. The van der Waals surface area contributed by atoms with Crippen molar-refractivity contribution in [3.05, 3.63) is 70.0 Å². The molecule has 0 atom stereocenters. The van der Waals surface area contributed by atoms with Crippen LogP contribution in [0.3, 0.4) is 0 Å². The molecule has 7 heteroatoms. The molecule has 0 saturated heterocycles. The van der Waals surface area contributed by atoms with Crippen molar-refractivity contribution in [1.82, 2.24) is 14.9 Å². The maximum absolute atomic E-state index is 5.42. The molecule has 0 unspecified atom stereocenters. The van der Waals surface area contributed by atoms with Crippen LogP contribution in [0.15, 0.2) is 53.1 Å². The highest BCUT2D eigenvalue weighted by Gasteiger charge is 2.19. The zero-order chi connectivity index (χ0) is 20.2. The minimum atomic E-state index is 0.566. The number of nitrogens with one attached hydrogen (secondary N) is 1. The smallest absolute Gasteiger partial charge is 0.227 e. The molecule has 0 spiro atoms. The Bertz CT molecular complexity index is 995. The second-order valence-electron chi connectivity index (χ2n) is 6.94. The predicted octanol–water partition coefficient (Wildman–Crippen LogP) is 4.56. The molecule has 0 aliphatic carbocycles. The molecule has 0 saturated carbocycles. The van der Waals surface area contributed by atoms with Gasteiger partial charge in [0.2, 0.25) is 5.95 Å². The first-order valence-electron chi connectivity index (χ1n) is 9.45. The van der Waals surface area contributed by atoms with Gasteiger partial charge in [0.25, 0.3) is 0 Å². The minimum Gasteiger partial charge on any atom is -0.497 e. The van der Waals surface area contributed by atoms with Crippen molar-refractivity contribution in [3.63, 3.8) is 0 Å². The van der Waals surface area contributed by atoms with Crippen molar-refractivity contribution in [3.8, 4) is 11.5 Å². The summed E-state index contributed by atoms with van der Waals surface area (Å²) in [6.07, 6.45) is 2.82. The average molecular weight is 455 g/mol. The highest BCUT2D eigenvalue weighted by Crippen LogP contribution is 2.31. The molecule has 3 aromatic rings. The molecule has 1 aromatic heterocycles. The summed E-state index contributed by atoms with van der Waals surface area (Å²) in [5.74, 6) is 2.03. The largest absolute Gasteiger partial charge is 0.497 e. The van der Waals surface area contributed by atoms with Gasteiger partial charge in [-0.1, -0.05) is 28.1 Å². The number of aromatic nitrogens is 2. The standard InChI is InChI=1S/C22H23BrN4O2/c1-28-18-7-8-21(29-2)20(11-18)26-22-24-12-16-14-27(10-9-19(16)25-22)13-15-3-5-17(23)6-4-15/h3-8,11-12H,9-10,13-14H2,1-2H3,(H,24,25,26). The van der Waals surface area contributed by atoms with E-state index >= 15 is 0 Å². The minimum absolute atomic E-state index is 0.566. The number of hydrogen-bond acceptors (Lipinski definition) is 6. The van der Waals surface area contributed by atoms with Crippen LogP contribution in [-0.4, -0.2) is 35.6 Å². The molecule has 1 aliphatic heterocycles. The van der Waals surface area contributed by atoms with Gasteiger partial charge in [-0.15, -0.1) is 0 Å². The zero-order valence-electron chi connectivity index (χ0n) is 16.5. The summed E-state index contributed by atoms with van der Waals surface area (Å²) in [7, 11) is 3.28. The van der Waals surface area contributed by atoms with Gasteiger partial charge in [0.1, 0.15) is 11.5 Å². The van der Waals surface area contributed by atoms with Crippen LogP contribution < -0.4 is 14.8 Å². The Hall–Kier alpha value is -2.64. The van der Waals surface area contributed by atoms with Crippen LogP contribution in [-0.2, 0) is 19.5 Å². The van der Waals surface area contributed by atoms with Crippen LogP contribution in [0.2, 0.25) is 0 Å². The first kappa shape index (κ1) is 19.7. The number of ether oxygens (including phenoxy) is 2. The molecule has 4 rings (SSSR count). The van der Waals surface area contributed by atoms with Crippen molar-refractivity contribution in [1.29, 1.82) is 0 Å². The van der Waals surface area contributed by atoms with Gasteiger partial charge in [-0.3, -0.25) is 4.90 Å². The molecule has 6 nitrogen and oxygen atoms in total. The lowest BCUT2D eigenvalue weighted by Gasteiger charge is -2.28. The van der Waals surface area contributed by atoms with Gasteiger partial charge in [0, 0.05) is 48.4 Å². The fraction of sp³-hybridized carbons (Fsp3) is 0.273. The number of methoxy groups -OCH3 is 2. The highest BCUT2D eigenvalue weighted by molar-refractivity contribution is 9.10. The van der Waals surface area contributed by atoms with Crippen LogP contribution in [0, 0.1) is 0 Å². The Morgan fingerprint density at radius 3 is 2.69 bits per heavy atom. The first-order valence-corrected chi connectivity index (χ1v) is 10.2. The fourth-order valence-electron chi connectivity index (χ4n) is 3.45. The second kappa shape index (κ2) is 8.80. The maximum atomic E-state index is 5.42. The van der Waals surface area contributed by atoms with Gasteiger partial charge >= 0.3 is 0 Å². The van der Waals surface area contributed by atoms with E-state index in [0.717, 1.165) is 47.7 Å². The van der Waals surface area contributed by atoms with Crippen LogP contribution in [0.5, 0.6) is 11.5 Å². The molecule has 2 heterocycles. The Morgan fingerprint density at radius 2 is 1.93 bits per heavy atom. The third-order valence-corrected chi connectivity index (χ3v) is 5.51. The van der Waals surface area contributed by atoms with Gasteiger partial charge in [0.05, 0.1) is 25.6 Å². The number of nitrogens with zero attached hydrogens (tertiary/aromatic N) is 3. The SMILES string of the molecule is COc1ccc(OC)c(Nc2ncc3c(n2)CCN(Cc2ccc(Br)cc2)C3)c1. The van der Waals surface area contributed by atoms with Crippen molar-refractivity contribution in [2.24, 2.45) is 0 Å². The maximum Gasteiger partial charge on any atom is 0.227 e. The predicted molar refractivity (Wildman–Crippen MR) is 117 cm³/mol. The lowest BCUT2D eigenvalue weighted by molar-refractivity contribution is 0.243. The molecular formula is C22H23BrN4O2. The molecular weight excluding hydrogens is 432 g/mol. The van der Waals surface area contributed by atoms with E-state index in [1.165, 1.54) is 11.1 Å². The van der Waals surface area contributed by atoms with Crippen molar-refractivity contribution < 1.29 is 9.47 Å². The molecule has 1 N–H and O–H groups in total. The third kappa shape index (κ3) is 4.68. The number of benzene rings is 2. The number of halogens is 1. The van der Waals surface area contributed by atoms with Crippen LogP contribution in [0.1, 0.15) is 16.8 Å². The third-order valence-electron chi connectivity index (χ3n) is 4.99. The molecule has 1 aliphatic rings. The van der Waals surface area contributed by atoms with Gasteiger partial charge in [0.15, 0.2) is 0 Å². The Balaban J connectivity index is 1.47. The topological polar surface area (TPSA) is 59.5 Å². The zero-order valence-corrected chi connectivity index (χ0v) is 18.1. The van der Waals surface area contributed by atoms with E-state index in [1.54, 1.807) is 14.2 Å². The molecule has 0 amide bonds. The molecule has 0 bridgehead atoms. The van der Waals surface area contributed by atoms with E-state index in [4.69, 9.17) is 14.5 Å². The highest BCUT2D eigenvalue weighted by atomic mass is 79.9. The lowest BCUT2D eigenvalue weighted by atomic mass is 10.1. The van der Waals surface area contributed by atoms with E-state index in [9.17, 15) is 0 Å². The Morgan fingerprint density at radius 1 is 1.10 bits per heavy atom. The molecule has 29 heavy (non-hydrogen) atoms. The summed E-state index contributed by atoms with van der Waals surface area (Å²) < 4.78 is 11.8. The number of fused-ring (bicyclic) bond motifs is 1. The van der Waals surface area contributed by atoms with Gasteiger partial charge in [-0.25, -0.2) is 9.97 Å². The lowest BCUT2D eigenvalue weighted by Crippen LogP contribution is -2.31. The molecule has 0 fully saturated rings. The van der Waals surface area contributed by atoms with E-state index < -0.39 is 0 Å².